The Bertz CT molecular complexity index is 405. The predicted octanol–water partition coefficient (Wildman–Crippen LogP) is 1.91. The van der Waals surface area contributed by atoms with E-state index in [1.165, 1.54) is 7.11 Å². The summed E-state index contributed by atoms with van der Waals surface area (Å²) in [5.74, 6) is -0.441. The van der Waals surface area contributed by atoms with Crippen molar-refractivity contribution in [3.8, 4) is 0 Å². The van der Waals surface area contributed by atoms with Crippen LogP contribution < -0.4 is 5.32 Å². The van der Waals surface area contributed by atoms with E-state index in [-0.39, 0.29) is 6.61 Å². The number of alkyl carbamates (subject to hydrolysis) is 1. The molecule has 5 nitrogen and oxygen atoms in total. The number of nitrogens with one attached hydrogen (secondary N) is 1. The molecule has 0 bridgehead atoms. The maximum Gasteiger partial charge on any atom is 0.407 e. The van der Waals surface area contributed by atoms with Gasteiger partial charge < -0.3 is 14.8 Å². The van der Waals surface area contributed by atoms with Crippen LogP contribution in [0.15, 0.2) is 30.3 Å². The van der Waals surface area contributed by atoms with E-state index in [9.17, 15) is 9.59 Å². The van der Waals surface area contributed by atoms with Crippen LogP contribution in [0.25, 0.3) is 0 Å². The number of esters is 1. The molecular weight excluding hydrogens is 246 g/mol. The molecule has 1 N–H and O–H groups in total. The Morgan fingerprint density at radius 2 is 1.95 bits per heavy atom. The smallest absolute Gasteiger partial charge is 0.407 e. The number of hydrogen-bond donors (Lipinski definition) is 1. The molecule has 1 atom stereocenters. The molecule has 104 valence electrons. The summed E-state index contributed by atoms with van der Waals surface area (Å²) in [5, 5.41) is 2.49. The third kappa shape index (κ3) is 5.42. The molecule has 0 aliphatic heterocycles. The Labute approximate surface area is 112 Å². The Kier molecular flexibility index (Phi) is 6.43. The van der Waals surface area contributed by atoms with Gasteiger partial charge in [0.2, 0.25) is 0 Å². The number of aryl methyl sites for hydroxylation is 1. The van der Waals surface area contributed by atoms with Gasteiger partial charge in [0.05, 0.1) is 13.7 Å². The first-order valence-electron chi connectivity index (χ1n) is 6.22. The van der Waals surface area contributed by atoms with E-state index in [0.717, 1.165) is 5.56 Å². The highest BCUT2D eigenvalue weighted by atomic mass is 16.5. The molecule has 0 heterocycles. The second-order valence-corrected chi connectivity index (χ2v) is 3.96. The summed E-state index contributed by atoms with van der Waals surface area (Å²) in [4.78, 5) is 22.9. The van der Waals surface area contributed by atoms with Gasteiger partial charge in [-0.1, -0.05) is 30.3 Å². The minimum absolute atomic E-state index is 0.281. The Balaban J connectivity index is 2.58. The summed E-state index contributed by atoms with van der Waals surface area (Å²) in [7, 11) is 1.26. The fraction of sp³-hybridized carbons (Fsp3) is 0.429. The molecule has 0 fully saturated rings. The van der Waals surface area contributed by atoms with Crippen molar-refractivity contribution in [2.45, 2.75) is 25.8 Å². The van der Waals surface area contributed by atoms with Gasteiger partial charge in [-0.25, -0.2) is 9.59 Å². The highest BCUT2D eigenvalue weighted by molar-refractivity contribution is 5.81. The second kappa shape index (κ2) is 8.13. The molecule has 19 heavy (non-hydrogen) atoms. The zero-order valence-electron chi connectivity index (χ0n) is 11.2. The van der Waals surface area contributed by atoms with E-state index in [4.69, 9.17) is 4.74 Å². The third-order valence-electron chi connectivity index (χ3n) is 2.61. The molecule has 5 heteroatoms. The predicted molar refractivity (Wildman–Crippen MR) is 70.7 cm³/mol. The summed E-state index contributed by atoms with van der Waals surface area (Å²) in [6.45, 7) is 2.01. The van der Waals surface area contributed by atoms with Crippen molar-refractivity contribution in [2.24, 2.45) is 0 Å². The Morgan fingerprint density at radius 3 is 2.53 bits per heavy atom. The average Bonchev–Trinajstić information content (AvgIpc) is 2.44. The van der Waals surface area contributed by atoms with Crippen molar-refractivity contribution in [1.82, 2.24) is 5.32 Å². The van der Waals surface area contributed by atoms with Gasteiger partial charge in [-0.15, -0.1) is 0 Å². The lowest BCUT2D eigenvalue weighted by atomic mass is 10.1. The summed E-state index contributed by atoms with van der Waals surface area (Å²) in [5.41, 5.74) is 1.10. The fourth-order valence-electron chi connectivity index (χ4n) is 1.65. The highest BCUT2D eigenvalue weighted by Crippen LogP contribution is 2.06. The van der Waals surface area contributed by atoms with Crippen LogP contribution >= 0.6 is 0 Å². The van der Waals surface area contributed by atoms with Gasteiger partial charge in [0, 0.05) is 0 Å². The van der Waals surface area contributed by atoms with Crippen LogP contribution in [-0.4, -0.2) is 31.8 Å². The average molecular weight is 265 g/mol. The number of carbonyl (C=O) groups is 2. The Hall–Kier alpha value is -2.04. The maximum atomic E-state index is 11.7. The molecule has 0 aliphatic carbocycles. The molecule has 1 amide bonds. The molecule has 0 radical (unpaired) electrons. The van der Waals surface area contributed by atoms with Crippen LogP contribution in [0, 0.1) is 0 Å². The Morgan fingerprint density at radius 1 is 1.26 bits per heavy atom. The quantitative estimate of drug-likeness (QED) is 0.798. The standard InChI is InChI=1S/C14H19NO4/c1-3-19-13(16)12(15-14(17)18-2)10-9-11-7-5-4-6-8-11/h4-8,12H,3,9-10H2,1-2H3,(H,15,17). The monoisotopic (exact) mass is 265 g/mol. The molecular formula is C14H19NO4. The van der Waals surface area contributed by atoms with E-state index in [1.807, 2.05) is 30.3 Å². The molecule has 1 aromatic carbocycles. The number of ether oxygens (including phenoxy) is 2. The fourth-order valence-corrected chi connectivity index (χ4v) is 1.65. The number of benzene rings is 1. The van der Waals surface area contributed by atoms with Crippen LogP contribution in [0.1, 0.15) is 18.9 Å². The minimum atomic E-state index is -0.687. The van der Waals surface area contributed by atoms with Crippen molar-refractivity contribution in [3.63, 3.8) is 0 Å². The van der Waals surface area contributed by atoms with Gasteiger partial charge in [-0.3, -0.25) is 0 Å². The SMILES string of the molecule is CCOC(=O)C(CCc1ccccc1)NC(=O)OC. The third-order valence-corrected chi connectivity index (χ3v) is 2.61. The molecule has 0 aliphatic rings. The second-order valence-electron chi connectivity index (χ2n) is 3.96. The lowest BCUT2D eigenvalue weighted by Gasteiger charge is -2.16. The summed E-state index contributed by atoms with van der Waals surface area (Å²) in [6.07, 6.45) is 0.512. The molecule has 0 spiro atoms. The zero-order valence-corrected chi connectivity index (χ0v) is 11.2. The van der Waals surface area contributed by atoms with Crippen molar-refractivity contribution in [2.75, 3.05) is 13.7 Å². The van der Waals surface area contributed by atoms with Crippen molar-refractivity contribution in [3.05, 3.63) is 35.9 Å². The molecule has 1 unspecified atom stereocenters. The molecule has 1 aromatic rings. The lowest BCUT2D eigenvalue weighted by molar-refractivity contribution is -0.145. The van der Waals surface area contributed by atoms with Crippen LogP contribution in [0.2, 0.25) is 0 Å². The zero-order chi connectivity index (χ0) is 14.1. The number of amides is 1. The van der Waals surface area contributed by atoms with Crippen molar-refractivity contribution >= 4 is 12.1 Å². The van der Waals surface area contributed by atoms with Gasteiger partial charge in [-0.2, -0.15) is 0 Å². The number of rotatable bonds is 6. The molecule has 1 rings (SSSR count). The normalized spacial score (nSPS) is 11.5. The highest BCUT2D eigenvalue weighted by Gasteiger charge is 2.22. The van der Waals surface area contributed by atoms with Crippen LogP contribution in [0.5, 0.6) is 0 Å². The van der Waals surface area contributed by atoms with E-state index < -0.39 is 18.1 Å². The van der Waals surface area contributed by atoms with Gasteiger partial charge in [0.15, 0.2) is 0 Å². The number of methoxy groups -OCH3 is 1. The molecule has 0 saturated carbocycles. The first-order valence-corrected chi connectivity index (χ1v) is 6.22. The molecule has 0 saturated heterocycles. The van der Waals surface area contributed by atoms with Crippen molar-refractivity contribution in [1.29, 1.82) is 0 Å². The first kappa shape index (κ1) is 15.0. The topological polar surface area (TPSA) is 64.6 Å². The minimum Gasteiger partial charge on any atom is -0.464 e. The summed E-state index contributed by atoms with van der Waals surface area (Å²) >= 11 is 0. The van der Waals surface area contributed by atoms with Crippen molar-refractivity contribution < 1.29 is 19.1 Å². The number of hydrogen-bond acceptors (Lipinski definition) is 4. The first-order chi connectivity index (χ1) is 9.17. The maximum absolute atomic E-state index is 11.7. The van der Waals surface area contributed by atoms with Crippen LogP contribution in [-0.2, 0) is 20.7 Å². The lowest BCUT2D eigenvalue weighted by Crippen LogP contribution is -2.42. The van der Waals surface area contributed by atoms with Crippen LogP contribution in [0.3, 0.4) is 0 Å². The van der Waals surface area contributed by atoms with E-state index in [1.54, 1.807) is 6.92 Å². The number of carbonyl (C=O) groups excluding carboxylic acids is 2. The van der Waals surface area contributed by atoms with Gasteiger partial charge >= 0.3 is 12.1 Å². The largest absolute Gasteiger partial charge is 0.464 e. The van der Waals surface area contributed by atoms with E-state index in [0.29, 0.717) is 12.8 Å². The summed E-state index contributed by atoms with van der Waals surface area (Å²) < 4.78 is 9.43. The van der Waals surface area contributed by atoms with E-state index in [2.05, 4.69) is 10.1 Å². The van der Waals surface area contributed by atoms with Crippen LogP contribution in [0.4, 0.5) is 4.79 Å². The summed E-state index contributed by atoms with van der Waals surface area (Å²) in [6, 6.07) is 9.05. The van der Waals surface area contributed by atoms with E-state index >= 15 is 0 Å². The molecule has 0 aromatic heterocycles. The van der Waals surface area contributed by atoms with Gasteiger partial charge in [0.1, 0.15) is 6.04 Å². The van der Waals surface area contributed by atoms with Gasteiger partial charge in [-0.05, 0) is 25.3 Å². The van der Waals surface area contributed by atoms with Gasteiger partial charge in [0.25, 0.3) is 0 Å².